The normalized spacial score (nSPS) is 16.0. The Balaban J connectivity index is 2.53. The van der Waals surface area contributed by atoms with Crippen LogP contribution in [-0.2, 0) is 9.59 Å². The molecule has 0 heterocycles. The van der Waals surface area contributed by atoms with Crippen LogP contribution in [0.4, 0.5) is 0 Å². The van der Waals surface area contributed by atoms with Crippen LogP contribution in [0.15, 0.2) is 48.5 Å². The fraction of sp³-hybridized carbons (Fsp3) is 0.227. The van der Waals surface area contributed by atoms with Crippen molar-refractivity contribution in [1.82, 2.24) is 0 Å². The lowest BCUT2D eigenvalue weighted by atomic mass is 9.80. The van der Waals surface area contributed by atoms with Crippen molar-refractivity contribution in [3.05, 3.63) is 59.7 Å². The molecule has 0 aliphatic heterocycles. The largest absolute Gasteiger partial charge is 0.504 e. The molecular weight excluding hydrogens is 440 g/mol. The van der Waals surface area contributed by atoms with E-state index < -0.39 is 70.7 Å². The van der Waals surface area contributed by atoms with Crippen molar-refractivity contribution in [2.24, 2.45) is 0 Å². The van der Waals surface area contributed by atoms with Gasteiger partial charge >= 0.3 is 0 Å². The lowest BCUT2D eigenvalue weighted by Crippen LogP contribution is -2.63. The Morgan fingerprint density at radius 1 is 0.939 bits per heavy atom. The summed E-state index contributed by atoms with van der Waals surface area (Å²) >= 11 is 0. The highest BCUT2D eigenvalue weighted by Crippen LogP contribution is 2.36. The van der Waals surface area contributed by atoms with Crippen LogP contribution in [0.25, 0.3) is 6.08 Å². The minimum atomic E-state index is -3.64. The van der Waals surface area contributed by atoms with E-state index >= 15 is 0 Å². The highest BCUT2D eigenvalue weighted by Gasteiger charge is 2.55. The third-order valence-corrected chi connectivity index (χ3v) is 4.82. The Morgan fingerprint density at radius 3 is 2.00 bits per heavy atom. The molecule has 0 bridgehead atoms. The first-order valence-corrected chi connectivity index (χ1v) is 9.44. The van der Waals surface area contributed by atoms with Gasteiger partial charge in [0, 0.05) is 5.56 Å². The maximum absolute atomic E-state index is 12.9. The van der Waals surface area contributed by atoms with Gasteiger partial charge < -0.3 is 40.9 Å². The first-order chi connectivity index (χ1) is 15.4. The molecule has 0 aliphatic rings. The summed E-state index contributed by atoms with van der Waals surface area (Å²) in [6.07, 6.45) is -5.50. The van der Waals surface area contributed by atoms with E-state index in [1.54, 1.807) is 30.3 Å². The topological polar surface area (TPSA) is 213 Å². The molecule has 0 aliphatic carbocycles. The molecule has 2 aromatic carbocycles. The number of ketones is 3. The second kappa shape index (κ2) is 10.3. The van der Waals surface area contributed by atoms with Crippen molar-refractivity contribution >= 4 is 23.4 Å². The average molecular weight is 462 g/mol. The highest BCUT2D eigenvalue weighted by atomic mass is 16.4. The van der Waals surface area contributed by atoms with Crippen molar-refractivity contribution in [3.8, 4) is 17.2 Å². The van der Waals surface area contributed by atoms with Crippen molar-refractivity contribution in [1.29, 1.82) is 0 Å². The summed E-state index contributed by atoms with van der Waals surface area (Å²) in [7, 11) is 0. The molecule has 0 radical (unpaired) electrons. The Bertz CT molecular complexity index is 1040. The summed E-state index contributed by atoms with van der Waals surface area (Å²) in [6, 6.07) is 9.14. The number of phenolic OH excluding ortho intramolecular Hbond substituents is 3. The molecule has 11 heteroatoms. The molecule has 11 nitrogen and oxygen atoms in total. The Morgan fingerprint density at radius 2 is 1.48 bits per heavy atom. The zero-order valence-corrected chi connectivity index (χ0v) is 16.9. The van der Waals surface area contributed by atoms with Crippen molar-refractivity contribution in [3.63, 3.8) is 0 Å². The van der Waals surface area contributed by atoms with E-state index in [0.717, 1.165) is 6.08 Å². The van der Waals surface area contributed by atoms with E-state index in [0.29, 0.717) is 23.8 Å². The molecule has 2 aromatic rings. The van der Waals surface area contributed by atoms with Gasteiger partial charge in [0.05, 0.1) is 6.61 Å². The van der Waals surface area contributed by atoms with Gasteiger partial charge in [-0.05, 0) is 23.8 Å². The molecular formula is C22H22O11. The maximum atomic E-state index is 12.9. The molecule has 0 aromatic heterocycles. The summed E-state index contributed by atoms with van der Waals surface area (Å²) in [4.78, 5) is 38.3. The van der Waals surface area contributed by atoms with Crippen molar-refractivity contribution < 1.29 is 55.2 Å². The van der Waals surface area contributed by atoms with Gasteiger partial charge in [-0.3, -0.25) is 14.4 Å². The van der Waals surface area contributed by atoms with Crippen molar-refractivity contribution in [2.75, 3.05) is 6.61 Å². The number of hydrogen-bond donors (Lipinski definition) is 8. The van der Waals surface area contributed by atoms with Gasteiger partial charge in [0.2, 0.25) is 17.2 Å². The van der Waals surface area contributed by atoms with Crippen LogP contribution >= 0.6 is 0 Å². The predicted octanol–water partition coefficient (Wildman–Crippen LogP) is -1.36. The summed E-state index contributed by atoms with van der Waals surface area (Å²) in [5.41, 5.74) is -3.97. The first-order valence-electron chi connectivity index (χ1n) is 9.44. The van der Waals surface area contributed by atoms with Crippen LogP contribution in [0.3, 0.4) is 0 Å². The van der Waals surface area contributed by atoms with E-state index in [1.807, 2.05) is 0 Å². The van der Waals surface area contributed by atoms with Gasteiger partial charge in [0.1, 0.15) is 18.3 Å². The number of aromatic hydroxyl groups is 3. The molecule has 2 rings (SSSR count). The number of carbonyl (C=O) groups excluding carboxylic acids is 3. The molecule has 0 amide bonds. The molecule has 8 N–H and O–H groups in total. The standard InChI is InChI=1S/C22H22O11/c23-10-15(26)19(30)21(32)22(33,16(27)7-6-11-4-2-1-3-5-11)20(31)17(28)12-8-13(24)18(29)14(25)9-12/h1-9,15,19,21,23-26,29-30,32-33H,10H2/b7-6+/t15-,19-,21+,22+/m1/s1. The van der Waals surface area contributed by atoms with Crippen LogP contribution < -0.4 is 0 Å². The second-order valence-corrected chi connectivity index (χ2v) is 7.08. The third kappa shape index (κ3) is 5.25. The van der Waals surface area contributed by atoms with Crippen LogP contribution in [0.5, 0.6) is 17.2 Å². The fourth-order valence-corrected chi connectivity index (χ4v) is 2.86. The van der Waals surface area contributed by atoms with Crippen LogP contribution in [-0.4, -0.2) is 88.7 Å². The Labute approximate surface area is 186 Å². The zero-order valence-electron chi connectivity index (χ0n) is 16.9. The summed E-state index contributed by atoms with van der Waals surface area (Å²) in [6.45, 7) is -1.12. The lowest BCUT2D eigenvalue weighted by molar-refractivity contribution is -0.175. The zero-order chi connectivity index (χ0) is 24.9. The second-order valence-electron chi connectivity index (χ2n) is 7.08. The number of Topliss-reactive ketones (excluding diaryl/α,β-unsaturated/α-hetero) is 2. The number of carbonyl (C=O) groups is 3. The molecule has 0 saturated carbocycles. The molecule has 4 atom stereocenters. The van der Waals surface area contributed by atoms with Crippen molar-refractivity contribution in [2.45, 2.75) is 23.9 Å². The quantitative estimate of drug-likeness (QED) is 0.0679. The number of aliphatic hydroxyl groups is 5. The minimum absolute atomic E-state index is 0.436. The van der Waals surface area contributed by atoms with E-state index in [-0.39, 0.29) is 0 Å². The van der Waals surface area contributed by atoms with Crippen LogP contribution in [0.1, 0.15) is 15.9 Å². The Hall–Kier alpha value is -3.61. The van der Waals surface area contributed by atoms with Gasteiger partial charge in [-0.15, -0.1) is 0 Å². The summed E-state index contributed by atoms with van der Waals surface area (Å²) in [5, 5.41) is 78.4. The average Bonchev–Trinajstić information content (AvgIpc) is 2.82. The van der Waals surface area contributed by atoms with Gasteiger partial charge in [-0.25, -0.2) is 0 Å². The fourth-order valence-electron chi connectivity index (χ4n) is 2.86. The maximum Gasteiger partial charge on any atom is 0.245 e. The smallest absolute Gasteiger partial charge is 0.245 e. The van der Waals surface area contributed by atoms with Gasteiger partial charge in [-0.1, -0.05) is 36.4 Å². The summed E-state index contributed by atoms with van der Waals surface area (Å²) < 4.78 is 0. The molecule has 176 valence electrons. The van der Waals surface area contributed by atoms with E-state index in [9.17, 15) is 50.1 Å². The number of phenols is 3. The molecule has 0 fully saturated rings. The van der Waals surface area contributed by atoms with E-state index in [4.69, 9.17) is 5.11 Å². The third-order valence-electron chi connectivity index (χ3n) is 4.82. The molecule has 33 heavy (non-hydrogen) atoms. The molecule has 0 spiro atoms. The molecule has 0 unspecified atom stereocenters. The number of benzene rings is 2. The summed E-state index contributed by atoms with van der Waals surface area (Å²) in [5.74, 6) is -8.21. The Kier molecular flexibility index (Phi) is 8.03. The van der Waals surface area contributed by atoms with E-state index in [1.165, 1.54) is 0 Å². The first kappa shape index (κ1) is 25.6. The number of hydrogen-bond acceptors (Lipinski definition) is 11. The van der Waals surface area contributed by atoms with Gasteiger partial charge in [-0.2, -0.15) is 0 Å². The minimum Gasteiger partial charge on any atom is -0.504 e. The number of aliphatic hydroxyl groups excluding tert-OH is 4. The predicted molar refractivity (Wildman–Crippen MR) is 111 cm³/mol. The highest BCUT2D eigenvalue weighted by molar-refractivity contribution is 6.50. The van der Waals surface area contributed by atoms with E-state index in [2.05, 4.69) is 0 Å². The lowest BCUT2D eigenvalue weighted by Gasteiger charge is -2.33. The molecule has 0 saturated heterocycles. The van der Waals surface area contributed by atoms with Crippen LogP contribution in [0.2, 0.25) is 0 Å². The van der Waals surface area contributed by atoms with Crippen LogP contribution in [0, 0.1) is 0 Å². The SMILES string of the molecule is O=C(C(=O)[C@@](O)(C(=O)/C=C/c1ccccc1)[C@@H](O)[C@H](O)[C@H](O)CO)c1cc(O)c(O)c(O)c1. The number of rotatable bonds is 10. The van der Waals surface area contributed by atoms with Gasteiger partial charge in [0.15, 0.2) is 23.0 Å². The van der Waals surface area contributed by atoms with Gasteiger partial charge in [0.25, 0.3) is 0 Å². The monoisotopic (exact) mass is 462 g/mol.